The summed E-state index contributed by atoms with van der Waals surface area (Å²) in [5.41, 5.74) is 1.12. The summed E-state index contributed by atoms with van der Waals surface area (Å²) in [7, 11) is 0. The number of hydrogen-bond acceptors (Lipinski definition) is 4. The molecule has 1 aromatic heterocycles. The van der Waals surface area contributed by atoms with Gasteiger partial charge in [0.25, 0.3) is 0 Å². The van der Waals surface area contributed by atoms with E-state index in [9.17, 15) is 0 Å². The Bertz CT molecular complexity index is 385. The van der Waals surface area contributed by atoms with Gasteiger partial charge >= 0.3 is 0 Å². The maximum atomic E-state index is 9.16. The van der Waals surface area contributed by atoms with Gasteiger partial charge in [0.05, 0.1) is 0 Å². The Morgan fingerprint density at radius 3 is 2.50 bits per heavy atom. The highest BCUT2D eigenvalue weighted by Crippen LogP contribution is 2.25. The molecule has 1 aromatic rings. The first kappa shape index (κ1) is 14.9. The van der Waals surface area contributed by atoms with Crippen molar-refractivity contribution in [2.45, 2.75) is 53.5 Å². The number of anilines is 1. The van der Waals surface area contributed by atoms with Crippen LogP contribution < -0.4 is 5.32 Å². The van der Waals surface area contributed by atoms with Crippen LogP contribution >= 0.6 is 0 Å². The Kier molecular flexibility index (Phi) is 5.08. The van der Waals surface area contributed by atoms with E-state index in [0.29, 0.717) is 6.42 Å². The minimum Gasteiger partial charge on any atom is -0.396 e. The molecule has 1 heterocycles. The summed E-state index contributed by atoms with van der Waals surface area (Å²) in [6.45, 7) is 10.7. The number of hydrogen-bond donors (Lipinski definition) is 2. The van der Waals surface area contributed by atoms with Crippen LogP contribution in [-0.2, 0) is 6.42 Å². The Hall–Kier alpha value is -1.16. The number of nitrogens with zero attached hydrogens (tertiary/aromatic N) is 2. The molecule has 1 atom stereocenters. The van der Waals surface area contributed by atoms with Gasteiger partial charge in [0.1, 0.15) is 11.6 Å². The number of aromatic nitrogens is 2. The molecular formula is C14H25N3O. The molecule has 0 amide bonds. The molecule has 1 rings (SSSR count). The molecule has 18 heavy (non-hydrogen) atoms. The third kappa shape index (κ3) is 4.26. The van der Waals surface area contributed by atoms with E-state index in [-0.39, 0.29) is 18.1 Å². The highest BCUT2D eigenvalue weighted by molar-refractivity contribution is 5.37. The monoisotopic (exact) mass is 251 g/mol. The molecule has 1 unspecified atom stereocenters. The van der Waals surface area contributed by atoms with Gasteiger partial charge in [-0.25, -0.2) is 9.97 Å². The average Bonchev–Trinajstić information content (AvgIpc) is 2.26. The summed E-state index contributed by atoms with van der Waals surface area (Å²) in [6, 6.07) is 2.19. The van der Waals surface area contributed by atoms with Crippen molar-refractivity contribution in [3.63, 3.8) is 0 Å². The lowest BCUT2D eigenvalue weighted by atomic mass is 9.85. The molecule has 0 aliphatic carbocycles. The molecule has 0 spiro atoms. The van der Waals surface area contributed by atoms with Crippen molar-refractivity contribution in [1.82, 2.24) is 9.97 Å². The van der Waals surface area contributed by atoms with Crippen LogP contribution in [0.5, 0.6) is 0 Å². The van der Waals surface area contributed by atoms with Crippen molar-refractivity contribution in [1.29, 1.82) is 0 Å². The Labute approximate surface area is 110 Å². The molecule has 0 saturated heterocycles. The van der Waals surface area contributed by atoms with Gasteiger partial charge < -0.3 is 10.4 Å². The zero-order chi connectivity index (χ0) is 13.8. The predicted molar refractivity (Wildman–Crippen MR) is 74.7 cm³/mol. The molecule has 0 fully saturated rings. The Morgan fingerprint density at radius 2 is 2.00 bits per heavy atom. The quantitative estimate of drug-likeness (QED) is 0.844. The largest absolute Gasteiger partial charge is 0.396 e. The number of aryl methyl sites for hydroxylation is 2. The molecule has 2 N–H and O–H groups in total. The number of aliphatic hydroxyl groups excluding tert-OH is 1. The zero-order valence-electron chi connectivity index (χ0n) is 12.1. The third-order valence-corrected chi connectivity index (χ3v) is 3.04. The standard InChI is InChI=1S/C14H25N3O/c1-6-11-9-13(16-10(2)15-11)17-12(7-8-18)14(3,4)5/h9,12,18H,6-8H2,1-5H3,(H,15,16,17). The molecule has 0 aliphatic rings. The summed E-state index contributed by atoms with van der Waals surface area (Å²) in [6.07, 6.45) is 1.62. The lowest BCUT2D eigenvalue weighted by Gasteiger charge is -2.31. The van der Waals surface area contributed by atoms with E-state index in [1.54, 1.807) is 0 Å². The van der Waals surface area contributed by atoms with Crippen molar-refractivity contribution in [2.24, 2.45) is 5.41 Å². The fourth-order valence-electron chi connectivity index (χ4n) is 1.91. The van der Waals surface area contributed by atoms with Crippen molar-refractivity contribution in [3.05, 3.63) is 17.6 Å². The topological polar surface area (TPSA) is 58.0 Å². The van der Waals surface area contributed by atoms with Crippen molar-refractivity contribution >= 4 is 5.82 Å². The number of rotatable bonds is 5. The molecule has 4 nitrogen and oxygen atoms in total. The Balaban J connectivity index is 2.90. The van der Waals surface area contributed by atoms with Gasteiger partial charge in [-0.1, -0.05) is 27.7 Å². The van der Waals surface area contributed by atoms with Crippen molar-refractivity contribution < 1.29 is 5.11 Å². The summed E-state index contributed by atoms with van der Waals surface area (Å²) in [5.74, 6) is 1.64. The molecule has 0 bridgehead atoms. The summed E-state index contributed by atoms with van der Waals surface area (Å²) >= 11 is 0. The van der Waals surface area contributed by atoms with Gasteiger partial charge in [-0.2, -0.15) is 0 Å². The predicted octanol–water partition coefficient (Wildman–Crippen LogP) is 2.56. The van der Waals surface area contributed by atoms with Crippen LogP contribution in [0.25, 0.3) is 0 Å². The summed E-state index contributed by atoms with van der Waals surface area (Å²) in [4.78, 5) is 8.78. The van der Waals surface area contributed by atoms with Crippen LogP contribution in [0.15, 0.2) is 6.07 Å². The van der Waals surface area contributed by atoms with E-state index in [4.69, 9.17) is 5.11 Å². The van der Waals surface area contributed by atoms with E-state index in [1.807, 2.05) is 13.0 Å². The van der Waals surface area contributed by atoms with E-state index < -0.39 is 0 Å². The first-order valence-electron chi connectivity index (χ1n) is 6.58. The molecule has 102 valence electrons. The second kappa shape index (κ2) is 6.14. The normalized spacial score (nSPS) is 13.4. The fourth-order valence-corrected chi connectivity index (χ4v) is 1.91. The SMILES string of the molecule is CCc1cc(NC(CCO)C(C)(C)C)nc(C)n1. The second-order valence-corrected chi connectivity index (χ2v) is 5.72. The summed E-state index contributed by atoms with van der Waals surface area (Å²) < 4.78 is 0. The van der Waals surface area contributed by atoms with Crippen LogP contribution in [-0.4, -0.2) is 27.7 Å². The van der Waals surface area contributed by atoms with Gasteiger partial charge in [0.2, 0.25) is 0 Å². The Morgan fingerprint density at radius 1 is 1.33 bits per heavy atom. The van der Waals surface area contributed by atoms with Crippen LogP contribution in [0.2, 0.25) is 0 Å². The average molecular weight is 251 g/mol. The van der Waals surface area contributed by atoms with E-state index in [1.165, 1.54) is 0 Å². The molecule has 0 saturated carbocycles. The molecule has 4 heteroatoms. The molecule has 0 aliphatic heterocycles. The fraction of sp³-hybridized carbons (Fsp3) is 0.714. The number of aliphatic hydroxyl groups is 1. The molecular weight excluding hydrogens is 226 g/mol. The second-order valence-electron chi connectivity index (χ2n) is 5.72. The van der Waals surface area contributed by atoms with E-state index in [2.05, 4.69) is 43.0 Å². The summed E-state index contributed by atoms with van der Waals surface area (Å²) in [5, 5.41) is 12.6. The van der Waals surface area contributed by atoms with Crippen LogP contribution in [0.1, 0.15) is 45.6 Å². The van der Waals surface area contributed by atoms with Gasteiger partial charge in [-0.3, -0.25) is 0 Å². The maximum absolute atomic E-state index is 9.16. The van der Waals surface area contributed by atoms with Crippen LogP contribution in [0.4, 0.5) is 5.82 Å². The highest BCUT2D eigenvalue weighted by Gasteiger charge is 2.24. The first-order chi connectivity index (χ1) is 8.36. The minimum absolute atomic E-state index is 0.0773. The first-order valence-corrected chi connectivity index (χ1v) is 6.58. The van der Waals surface area contributed by atoms with E-state index >= 15 is 0 Å². The van der Waals surface area contributed by atoms with Crippen molar-refractivity contribution in [3.8, 4) is 0 Å². The van der Waals surface area contributed by atoms with Gasteiger partial charge in [-0.05, 0) is 25.2 Å². The maximum Gasteiger partial charge on any atom is 0.130 e. The van der Waals surface area contributed by atoms with Crippen molar-refractivity contribution in [2.75, 3.05) is 11.9 Å². The van der Waals surface area contributed by atoms with Crippen LogP contribution in [0.3, 0.4) is 0 Å². The van der Waals surface area contributed by atoms with Crippen LogP contribution in [0, 0.1) is 12.3 Å². The van der Waals surface area contributed by atoms with E-state index in [0.717, 1.165) is 23.8 Å². The molecule has 0 radical (unpaired) electrons. The smallest absolute Gasteiger partial charge is 0.130 e. The lowest BCUT2D eigenvalue weighted by Crippen LogP contribution is -2.35. The highest BCUT2D eigenvalue weighted by atomic mass is 16.3. The lowest BCUT2D eigenvalue weighted by molar-refractivity contribution is 0.235. The van der Waals surface area contributed by atoms with Gasteiger partial charge in [0, 0.05) is 24.4 Å². The molecule has 0 aromatic carbocycles. The van der Waals surface area contributed by atoms with Gasteiger partial charge in [-0.15, -0.1) is 0 Å². The third-order valence-electron chi connectivity index (χ3n) is 3.04. The number of nitrogens with one attached hydrogen (secondary N) is 1. The zero-order valence-corrected chi connectivity index (χ0v) is 12.1. The minimum atomic E-state index is 0.0773. The van der Waals surface area contributed by atoms with Gasteiger partial charge in [0.15, 0.2) is 0 Å².